The summed E-state index contributed by atoms with van der Waals surface area (Å²) < 4.78 is 0. The minimum atomic E-state index is -0.255. The van der Waals surface area contributed by atoms with E-state index in [0.29, 0.717) is 35.6 Å². The highest BCUT2D eigenvalue weighted by atomic mass is 16.2. The Hall–Kier alpha value is -4.01. The zero-order valence-electron chi connectivity index (χ0n) is 18.2. The summed E-state index contributed by atoms with van der Waals surface area (Å²) in [7, 11) is 3.39. The van der Waals surface area contributed by atoms with Crippen molar-refractivity contribution in [3.05, 3.63) is 54.0 Å². The maximum Gasteiger partial charge on any atom is 0.317 e. The molecule has 164 valence electrons. The molecule has 1 saturated carbocycles. The van der Waals surface area contributed by atoms with Crippen LogP contribution in [0.5, 0.6) is 0 Å². The maximum atomic E-state index is 12.4. The summed E-state index contributed by atoms with van der Waals surface area (Å²) in [5, 5.41) is 7.23. The van der Waals surface area contributed by atoms with Gasteiger partial charge >= 0.3 is 6.03 Å². The summed E-state index contributed by atoms with van der Waals surface area (Å²) in [6, 6.07) is 5.54. The first kappa shape index (κ1) is 21.2. The minimum absolute atomic E-state index is 0.0626. The molecule has 0 saturated heterocycles. The molecular formula is C23H25N7O2. The molecule has 9 heteroatoms. The molecule has 0 aliphatic heterocycles. The van der Waals surface area contributed by atoms with E-state index in [2.05, 4.69) is 25.6 Å². The van der Waals surface area contributed by atoms with Gasteiger partial charge in [0.05, 0.1) is 5.69 Å². The fourth-order valence-electron chi connectivity index (χ4n) is 3.56. The zero-order chi connectivity index (χ0) is 22.8. The number of hydrogen-bond donors (Lipinski definition) is 3. The van der Waals surface area contributed by atoms with Crippen molar-refractivity contribution in [2.45, 2.75) is 25.8 Å². The van der Waals surface area contributed by atoms with Crippen LogP contribution in [0.3, 0.4) is 0 Å². The van der Waals surface area contributed by atoms with Gasteiger partial charge < -0.3 is 21.3 Å². The predicted octanol–water partition coefficient (Wildman–Crippen LogP) is 2.88. The third-order valence-electron chi connectivity index (χ3n) is 5.40. The number of rotatable bonds is 4. The second kappa shape index (κ2) is 8.62. The highest BCUT2D eigenvalue weighted by Crippen LogP contribution is 2.29. The molecular weight excluding hydrogens is 406 g/mol. The van der Waals surface area contributed by atoms with Crippen molar-refractivity contribution < 1.29 is 9.59 Å². The van der Waals surface area contributed by atoms with Crippen molar-refractivity contribution >= 4 is 34.3 Å². The van der Waals surface area contributed by atoms with Gasteiger partial charge in [0.1, 0.15) is 11.6 Å². The normalized spacial score (nSPS) is 15.1. The Morgan fingerprint density at radius 1 is 1.22 bits per heavy atom. The Morgan fingerprint density at radius 3 is 2.72 bits per heavy atom. The van der Waals surface area contributed by atoms with Crippen LogP contribution in [-0.2, 0) is 4.79 Å². The van der Waals surface area contributed by atoms with Gasteiger partial charge in [-0.25, -0.2) is 14.8 Å². The average molecular weight is 432 g/mol. The van der Waals surface area contributed by atoms with Crippen LogP contribution in [0.2, 0.25) is 0 Å². The third kappa shape index (κ3) is 4.51. The minimum Gasteiger partial charge on any atom is -0.383 e. The number of nitrogens with one attached hydrogen (secondary N) is 2. The lowest BCUT2D eigenvalue weighted by Gasteiger charge is -2.31. The fraction of sp³-hybridized carbons (Fsp3) is 0.261. The van der Waals surface area contributed by atoms with Crippen molar-refractivity contribution in [3.63, 3.8) is 0 Å². The lowest BCUT2D eigenvalue weighted by Crippen LogP contribution is -2.45. The van der Waals surface area contributed by atoms with Gasteiger partial charge in [-0.3, -0.25) is 9.78 Å². The van der Waals surface area contributed by atoms with Crippen LogP contribution < -0.4 is 16.4 Å². The first-order valence-electron chi connectivity index (χ1n) is 10.3. The van der Waals surface area contributed by atoms with E-state index in [9.17, 15) is 9.59 Å². The average Bonchev–Trinajstić information content (AvgIpc) is 2.72. The van der Waals surface area contributed by atoms with E-state index >= 15 is 0 Å². The number of anilines is 2. The van der Waals surface area contributed by atoms with E-state index in [0.717, 1.165) is 22.1 Å². The molecule has 0 spiro atoms. The van der Waals surface area contributed by atoms with E-state index in [1.54, 1.807) is 44.8 Å². The van der Waals surface area contributed by atoms with Gasteiger partial charge in [-0.15, -0.1) is 0 Å². The van der Waals surface area contributed by atoms with Gasteiger partial charge in [0.15, 0.2) is 0 Å². The van der Waals surface area contributed by atoms with Crippen molar-refractivity contribution in [1.29, 1.82) is 0 Å². The number of hydrogen-bond acceptors (Lipinski definition) is 6. The number of carbonyl (C=O) groups excluding carboxylic acids is 2. The van der Waals surface area contributed by atoms with Crippen molar-refractivity contribution in [2.75, 3.05) is 25.1 Å². The largest absolute Gasteiger partial charge is 0.383 e. The first-order valence-corrected chi connectivity index (χ1v) is 10.3. The van der Waals surface area contributed by atoms with Gasteiger partial charge in [-0.05, 0) is 48.9 Å². The molecule has 3 aromatic rings. The number of urea groups is 1. The van der Waals surface area contributed by atoms with Crippen LogP contribution in [0.1, 0.15) is 18.4 Å². The number of amides is 3. The van der Waals surface area contributed by atoms with Crippen molar-refractivity contribution in [1.82, 2.24) is 25.2 Å². The summed E-state index contributed by atoms with van der Waals surface area (Å²) in [6.07, 6.45) is 7.98. The van der Waals surface area contributed by atoms with Crippen LogP contribution >= 0.6 is 0 Å². The number of fused-ring (bicyclic) bond motifs is 1. The molecule has 1 fully saturated rings. The Bertz CT molecular complexity index is 1230. The second-order valence-corrected chi connectivity index (χ2v) is 8.11. The Morgan fingerprint density at radius 2 is 2.00 bits per heavy atom. The molecule has 0 radical (unpaired) electrons. The Kier molecular flexibility index (Phi) is 5.72. The third-order valence-corrected chi connectivity index (χ3v) is 5.40. The lowest BCUT2D eigenvalue weighted by atomic mass is 9.86. The number of nitrogens with zero attached hydrogens (tertiary/aromatic N) is 4. The van der Waals surface area contributed by atoms with E-state index in [1.807, 2.05) is 19.1 Å². The van der Waals surface area contributed by atoms with Crippen LogP contribution in [-0.4, -0.2) is 51.9 Å². The van der Waals surface area contributed by atoms with Crippen LogP contribution in [0, 0.1) is 6.92 Å². The molecule has 3 amide bonds. The van der Waals surface area contributed by atoms with E-state index in [1.165, 1.54) is 4.90 Å². The molecule has 1 aliphatic rings. The molecule has 4 rings (SSSR count). The number of nitrogen functional groups attached to an aromatic ring is 1. The van der Waals surface area contributed by atoms with Crippen LogP contribution in [0.15, 0.2) is 48.4 Å². The standard InChI is InChI=1S/C23H25N7O2/c1-13-4-5-25-11-17(13)19-9-15-10-20(26-12-18(15)22(24)28-19)29-21(31)8-14-6-16(7-14)27-23(32)30(2)3/h4-5,8-12,16H,6-7H2,1-3H3,(H2,24,28)(H,27,32)(H,26,29,31). The summed E-state index contributed by atoms with van der Waals surface area (Å²) in [5.74, 6) is 0.540. The molecule has 0 unspecified atom stereocenters. The number of nitrogens with two attached hydrogens (primary N) is 1. The molecule has 0 bridgehead atoms. The van der Waals surface area contributed by atoms with Gasteiger partial charge in [0, 0.05) is 55.8 Å². The molecule has 3 aromatic heterocycles. The Labute approximate surface area is 185 Å². The Balaban J connectivity index is 1.48. The molecule has 1 aliphatic carbocycles. The summed E-state index contributed by atoms with van der Waals surface area (Å²) in [6.45, 7) is 1.99. The quantitative estimate of drug-likeness (QED) is 0.545. The summed E-state index contributed by atoms with van der Waals surface area (Å²) in [5.41, 5.74) is 9.79. The molecule has 4 N–H and O–H groups in total. The molecule has 32 heavy (non-hydrogen) atoms. The molecule has 9 nitrogen and oxygen atoms in total. The highest BCUT2D eigenvalue weighted by Gasteiger charge is 2.25. The number of pyridine rings is 3. The smallest absolute Gasteiger partial charge is 0.317 e. The first-order chi connectivity index (χ1) is 15.3. The topological polar surface area (TPSA) is 126 Å². The van der Waals surface area contributed by atoms with Gasteiger partial charge in [0.25, 0.3) is 0 Å². The lowest BCUT2D eigenvalue weighted by molar-refractivity contribution is -0.112. The summed E-state index contributed by atoms with van der Waals surface area (Å²) in [4.78, 5) is 38.5. The van der Waals surface area contributed by atoms with E-state index in [4.69, 9.17) is 5.73 Å². The monoisotopic (exact) mass is 431 g/mol. The van der Waals surface area contributed by atoms with Crippen LogP contribution in [0.4, 0.5) is 16.4 Å². The van der Waals surface area contributed by atoms with Gasteiger partial charge in [-0.2, -0.15) is 0 Å². The fourth-order valence-corrected chi connectivity index (χ4v) is 3.56. The highest BCUT2D eigenvalue weighted by molar-refractivity contribution is 6.01. The number of aryl methyl sites for hydroxylation is 1. The molecule has 0 atom stereocenters. The molecule has 0 aromatic carbocycles. The summed E-state index contributed by atoms with van der Waals surface area (Å²) >= 11 is 0. The van der Waals surface area contributed by atoms with Crippen molar-refractivity contribution in [2.24, 2.45) is 0 Å². The maximum absolute atomic E-state index is 12.4. The number of aromatic nitrogens is 3. The van der Waals surface area contributed by atoms with E-state index < -0.39 is 0 Å². The van der Waals surface area contributed by atoms with Crippen LogP contribution in [0.25, 0.3) is 22.0 Å². The predicted molar refractivity (Wildman–Crippen MR) is 124 cm³/mol. The number of carbonyl (C=O) groups is 2. The zero-order valence-corrected chi connectivity index (χ0v) is 18.2. The molecule has 3 heterocycles. The van der Waals surface area contributed by atoms with E-state index in [-0.39, 0.29) is 18.0 Å². The SMILES string of the molecule is Cc1ccncc1-c1cc2cc(NC(=O)C=C3CC(NC(=O)N(C)C)C3)ncc2c(N)n1. The van der Waals surface area contributed by atoms with Gasteiger partial charge in [-0.1, -0.05) is 5.57 Å². The van der Waals surface area contributed by atoms with Crippen molar-refractivity contribution in [3.8, 4) is 11.3 Å². The van der Waals surface area contributed by atoms with Gasteiger partial charge in [0.2, 0.25) is 5.91 Å². The second-order valence-electron chi connectivity index (χ2n) is 8.11.